The molecule has 0 aliphatic heterocycles. The first-order valence-electron chi connectivity index (χ1n) is 5.50. The summed E-state index contributed by atoms with van der Waals surface area (Å²) in [7, 11) is 0. The van der Waals surface area contributed by atoms with Crippen molar-refractivity contribution in [2.24, 2.45) is 28.6 Å². The van der Waals surface area contributed by atoms with Crippen molar-refractivity contribution in [1.82, 2.24) is 0 Å². The third-order valence-electron chi connectivity index (χ3n) is 5.64. The van der Waals surface area contributed by atoms with Crippen molar-refractivity contribution in [1.29, 1.82) is 0 Å². The first-order chi connectivity index (χ1) is 5.97. The summed E-state index contributed by atoms with van der Waals surface area (Å²) in [6.45, 7) is 6.95. The molecule has 4 aliphatic carbocycles. The summed E-state index contributed by atoms with van der Waals surface area (Å²) >= 11 is 0. The molecule has 72 valence electrons. The van der Waals surface area contributed by atoms with Gasteiger partial charge in [-0.2, -0.15) is 0 Å². The van der Waals surface area contributed by atoms with Crippen LogP contribution in [-0.2, 0) is 4.79 Å². The van der Waals surface area contributed by atoms with Crippen molar-refractivity contribution in [2.75, 3.05) is 0 Å². The molecule has 4 rings (SSSR count). The highest BCUT2D eigenvalue weighted by atomic mass is 16.1. The molecule has 0 N–H and O–H groups in total. The second-order valence-corrected chi connectivity index (χ2v) is 6.15. The van der Waals surface area contributed by atoms with E-state index in [4.69, 9.17) is 0 Å². The van der Waals surface area contributed by atoms with Crippen LogP contribution in [0.15, 0.2) is 0 Å². The van der Waals surface area contributed by atoms with Crippen molar-refractivity contribution in [3.05, 3.63) is 0 Å². The van der Waals surface area contributed by atoms with Crippen LogP contribution in [-0.4, -0.2) is 5.78 Å². The van der Waals surface area contributed by atoms with E-state index in [-0.39, 0.29) is 5.41 Å². The monoisotopic (exact) mass is 178 g/mol. The van der Waals surface area contributed by atoms with Gasteiger partial charge in [-0.25, -0.2) is 0 Å². The molecule has 0 saturated heterocycles. The van der Waals surface area contributed by atoms with Crippen molar-refractivity contribution in [3.63, 3.8) is 0 Å². The van der Waals surface area contributed by atoms with E-state index in [0.29, 0.717) is 17.1 Å². The van der Waals surface area contributed by atoms with Crippen molar-refractivity contribution >= 4 is 5.78 Å². The lowest BCUT2D eigenvalue weighted by Gasteiger charge is -2.70. The number of rotatable bonds is 0. The molecular formula is C12H18O. The number of carbonyl (C=O) groups excluding carboxylic acids is 1. The Balaban J connectivity index is 2.00. The van der Waals surface area contributed by atoms with Gasteiger partial charge in [-0.15, -0.1) is 0 Å². The molecule has 0 spiro atoms. The quantitative estimate of drug-likeness (QED) is 0.557. The molecule has 0 aromatic carbocycles. The van der Waals surface area contributed by atoms with E-state index in [2.05, 4.69) is 20.8 Å². The summed E-state index contributed by atoms with van der Waals surface area (Å²) < 4.78 is 0. The van der Waals surface area contributed by atoms with E-state index < -0.39 is 0 Å². The summed E-state index contributed by atoms with van der Waals surface area (Å²) in [4.78, 5) is 11.7. The Morgan fingerprint density at radius 1 is 1.15 bits per heavy atom. The fourth-order valence-electron chi connectivity index (χ4n) is 4.34. The fourth-order valence-corrected chi connectivity index (χ4v) is 4.34. The Bertz CT molecular complexity index is 291. The van der Waals surface area contributed by atoms with Gasteiger partial charge in [-0.3, -0.25) is 4.79 Å². The summed E-state index contributed by atoms with van der Waals surface area (Å²) in [6.07, 6.45) is 3.54. The van der Waals surface area contributed by atoms with E-state index in [9.17, 15) is 4.79 Å². The summed E-state index contributed by atoms with van der Waals surface area (Å²) in [5.74, 6) is 2.92. The van der Waals surface area contributed by atoms with Crippen LogP contribution in [0.4, 0.5) is 0 Å². The van der Waals surface area contributed by atoms with Gasteiger partial charge in [0.2, 0.25) is 0 Å². The average molecular weight is 178 g/mol. The van der Waals surface area contributed by atoms with Crippen LogP contribution < -0.4 is 0 Å². The highest BCUT2D eigenvalue weighted by Gasteiger charge is 2.69. The van der Waals surface area contributed by atoms with E-state index >= 15 is 0 Å². The Morgan fingerprint density at radius 3 is 2.31 bits per heavy atom. The normalized spacial score (nSPS) is 56.2. The van der Waals surface area contributed by atoms with Gasteiger partial charge in [0.15, 0.2) is 0 Å². The minimum atomic E-state index is 0.0955. The van der Waals surface area contributed by atoms with Crippen LogP contribution in [0.2, 0.25) is 0 Å². The lowest BCUT2D eigenvalue weighted by Crippen LogP contribution is -2.68. The van der Waals surface area contributed by atoms with E-state index in [1.807, 2.05) is 0 Å². The molecule has 0 aromatic heterocycles. The topological polar surface area (TPSA) is 17.1 Å². The smallest absolute Gasteiger partial charge is 0.139 e. The minimum Gasteiger partial charge on any atom is -0.299 e. The van der Waals surface area contributed by atoms with Gasteiger partial charge in [0.1, 0.15) is 5.78 Å². The van der Waals surface area contributed by atoms with E-state index in [1.165, 1.54) is 12.8 Å². The Hall–Kier alpha value is -0.330. The average Bonchev–Trinajstić information content (AvgIpc) is 2.07. The van der Waals surface area contributed by atoms with Gasteiger partial charge in [0.05, 0.1) is 0 Å². The third-order valence-corrected chi connectivity index (χ3v) is 5.64. The SMILES string of the molecule is CC1(C)C2CC3CC(=O)C3(C)C1C2. The Morgan fingerprint density at radius 2 is 1.85 bits per heavy atom. The Labute approximate surface area is 79.9 Å². The number of carbonyl (C=O) groups is 1. The van der Waals surface area contributed by atoms with Crippen LogP contribution in [0.25, 0.3) is 0 Å². The number of hydrogen-bond donors (Lipinski definition) is 0. The standard InChI is InChI=1S/C12H18O/c1-11(2)7-4-8-6-10(13)12(8,3)9(11)5-7/h7-9H,4-6H2,1-3H3. The zero-order valence-corrected chi connectivity index (χ0v) is 8.76. The number of hydrogen-bond acceptors (Lipinski definition) is 1. The third kappa shape index (κ3) is 0.628. The Kier molecular flexibility index (Phi) is 1.15. The molecule has 4 saturated carbocycles. The minimum absolute atomic E-state index is 0.0955. The summed E-state index contributed by atoms with van der Waals surface area (Å²) in [5.41, 5.74) is 0.555. The second kappa shape index (κ2) is 1.87. The molecule has 0 radical (unpaired) electrons. The first-order valence-corrected chi connectivity index (χ1v) is 5.50. The second-order valence-electron chi connectivity index (χ2n) is 6.15. The van der Waals surface area contributed by atoms with Crippen molar-refractivity contribution in [2.45, 2.75) is 40.0 Å². The zero-order valence-electron chi connectivity index (χ0n) is 8.76. The molecular weight excluding hydrogens is 160 g/mol. The van der Waals surface area contributed by atoms with Gasteiger partial charge in [0, 0.05) is 11.8 Å². The maximum Gasteiger partial charge on any atom is 0.139 e. The van der Waals surface area contributed by atoms with Gasteiger partial charge in [0.25, 0.3) is 0 Å². The van der Waals surface area contributed by atoms with Crippen LogP contribution in [0.1, 0.15) is 40.0 Å². The first kappa shape index (κ1) is 8.02. The fraction of sp³-hybridized carbons (Fsp3) is 0.917. The van der Waals surface area contributed by atoms with Gasteiger partial charge in [-0.1, -0.05) is 20.8 Å². The molecule has 2 bridgehead atoms. The molecule has 0 heterocycles. The highest BCUT2D eigenvalue weighted by molar-refractivity contribution is 5.92. The van der Waals surface area contributed by atoms with Crippen molar-refractivity contribution < 1.29 is 4.79 Å². The lowest BCUT2D eigenvalue weighted by molar-refractivity contribution is -0.215. The predicted octanol–water partition coefficient (Wildman–Crippen LogP) is 2.65. The van der Waals surface area contributed by atoms with E-state index in [1.54, 1.807) is 0 Å². The summed E-state index contributed by atoms with van der Waals surface area (Å²) in [6, 6.07) is 0. The van der Waals surface area contributed by atoms with Gasteiger partial charge < -0.3 is 0 Å². The molecule has 0 aromatic rings. The van der Waals surface area contributed by atoms with Gasteiger partial charge >= 0.3 is 0 Å². The van der Waals surface area contributed by atoms with E-state index in [0.717, 1.165) is 18.3 Å². The lowest BCUT2D eigenvalue weighted by atomic mass is 9.33. The highest BCUT2D eigenvalue weighted by Crippen LogP contribution is 2.72. The van der Waals surface area contributed by atoms with Crippen molar-refractivity contribution in [3.8, 4) is 0 Å². The largest absolute Gasteiger partial charge is 0.299 e. The molecule has 0 amide bonds. The molecule has 1 nitrogen and oxygen atoms in total. The van der Waals surface area contributed by atoms with Crippen LogP contribution in [0, 0.1) is 28.6 Å². The predicted molar refractivity (Wildman–Crippen MR) is 51.2 cm³/mol. The van der Waals surface area contributed by atoms with Gasteiger partial charge in [-0.05, 0) is 36.0 Å². The maximum atomic E-state index is 11.7. The number of Topliss-reactive ketones (excluding diaryl/α,β-unsaturated/α-hetero) is 1. The molecule has 4 atom stereocenters. The molecule has 4 fully saturated rings. The molecule has 1 heteroatoms. The molecule has 13 heavy (non-hydrogen) atoms. The molecule has 4 aliphatic rings. The number of ketones is 1. The maximum absolute atomic E-state index is 11.7. The van der Waals surface area contributed by atoms with Crippen LogP contribution >= 0.6 is 0 Å². The summed E-state index contributed by atoms with van der Waals surface area (Å²) in [5, 5.41) is 0. The van der Waals surface area contributed by atoms with Crippen LogP contribution in [0.5, 0.6) is 0 Å². The molecule has 4 unspecified atom stereocenters. The zero-order chi connectivity index (χ0) is 9.43. The van der Waals surface area contributed by atoms with Crippen LogP contribution in [0.3, 0.4) is 0 Å².